The zero-order chi connectivity index (χ0) is 0. The van der Waals surface area contributed by atoms with Crippen LogP contribution in [0.2, 0.25) is 0 Å². The normalized spacial score (nSPS) is 0. The van der Waals surface area contributed by atoms with Crippen molar-refractivity contribution in [2.24, 2.45) is 0 Å². The smallest absolute Gasteiger partial charge is 2.00 e. The van der Waals surface area contributed by atoms with E-state index in [4.69, 9.17) is 0 Å². The molecule has 0 atom stereocenters. The van der Waals surface area contributed by atoms with E-state index in [0.29, 0.717) is 0 Å². The van der Waals surface area contributed by atoms with Crippen molar-refractivity contribution in [3.63, 3.8) is 0 Å². The average Bonchev–Trinajstić information content (AvgIpc) is 0. The fraction of sp³-hybridized carbons (Fsp3) is 0. The van der Waals surface area contributed by atoms with Gasteiger partial charge in [-0.15, -0.1) is 0 Å². The van der Waals surface area contributed by atoms with Crippen molar-refractivity contribution >= 4 is 17.4 Å². The molecule has 0 unspecified atom stereocenters. The summed E-state index contributed by atoms with van der Waals surface area (Å²) in [5, 5.41) is 0. The Morgan fingerprint density at radius 3 is 0.833 bits per heavy atom. The van der Waals surface area contributed by atoms with E-state index in [1.165, 1.54) is 0 Å². The Bertz CT molecular complexity index is 13.5. The summed E-state index contributed by atoms with van der Waals surface area (Å²) in [5.74, 6) is 0. The summed E-state index contributed by atoms with van der Waals surface area (Å²) in [6, 6.07) is 0. The van der Waals surface area contributed by atoms with Gasteiger partial charge in [-0.1, -0.05) is 0 Å². The quantitative estimate of drug-likeness (QED) is 0.348. The second-order valence-electron chi connectivity index (χ2n) is 0. The van der Waals surface area contributed by atoms with E-state index in [0.717, 1.165) is 0 Å². The third-order valence-electron chi connectivity index (χ3n) is 0. The fourth-order valence-electron chi connectivity index (χ4n) is 0. The molecule has 35 valence electrons. The van der Waals surface area contributed by atoms with Crippen molar-refractivity contribution in [3.8, 4) is 0 Å². The molecule has 0 spiro atoms. The van der Waals surface area contributed by atoms with E-state index in [1.54, 1.807) is 0 Å². The van der Waals surface area contributed by atoms with Gasteiger partial charge in [0.25, 0.3) is 0 Å². The van der Waals surface area contributed by atoms with Gasteiger partial charge in [0.1, 0.15) is 0 Å². The third kappa shape index (κ3) is 36.7. The maximum Gasteiger partial charge on any atom is 3.00 e. The van der Waals surface area contributed by atoms with Crippen LogP contribution in [0, 0.1) is 0 Å². The predicted molar refractivity (Wildman–Crippen MR) is 7.13 cm³/mol. The Morgan fingerprint density at radius 2 is 0.833 bits per heavy atom. The first kappa shape index (κ1) is 95.2. The van der Waals surface area contributed by atoms with Crippen LogP contribution in [-0.2, 0) is 44.2 Å². The third-order valence-corrected chi connectivity index (χ3v) is 0. The van der Waals surface area contributed by atoms with Crippen LogP contribution < -0.4 is 18.9 Å². The Hall–Kier alpha value is 2.05. The standard InChI is InChI=1S/Al.Co.Li.Ni.2O/q+3;;+1;;2*-2. The van der Waals surface area contributed by atoms with Crippen molar-refractivity contribution in [2.45, 2.75) is 0 Å². The van der Waals surface area contributed by atoms with E-state index in [2.05, 4.69) is 0 Å². The van der Waals surface area contributed by atoms with Crippen molar-refractivity contribution in [1.82, 2.24) is 0 Å². The van der Waals surface area contributed by atoms with Crippen molar-refractivity contribution in [2.75, 3.05) is 0 Å². The van der Waals surface area contributed by atoms with Crippen LogP contribution in [0.3, 0.4) is 0 Å². The van der Waals surface area contributed by atoms with Crippen LogP contribution in [-0.4, -0.2) is 17.4 Å². The summed E-state index contributed by atoms with van der Waals surface area (Å²) >= 11 is 0. The molecule has 0 aliphatic carbocycles. The maximum atomic E-state index is 0. The van der Waals surface area contributed by atoms with Gasteiger partial charge in [0.05, 0.1) is 0 Å². The molecule has 0 saturated heterocycles. The summed E-state index contributed by atoms with van der Waals surface area (Å²) < 4.78 is 0. The molecule has 0 bridgehead atoms. The SMILES string of the molecule is [Al+3].[Co].[Li+].[Ni].[O-2].[O-2]. The van der Waals surface area contributed by atoms with Crippen molar-refractivity contribution in [1.29, 1.82) is 0 Å². The number of hydrogen-bond acceptors (Lipinski definition) is 0. The number of rotatable bonds is 0. The molecule has 0 aromatic heterocycles. The largest absolute Gasteiger partial charge is 3.00 e. The minimum Gasteiger partial charge on any atom is -2.00 e. The Kier molecular flexibility index (Phi) is 974. The monoisotopic (exact) mass is 183 g/mol. The van der Waals surface area contributed by atoms with E-state index in [-0.39, 0.29) is 80.4 Å². The van der Waals surface area contributed by atoms with E-state index in [1.807, 2.05) is 0 Å². The summed E-state index contributed by atoms with van der Waals surface area (Å²) in [4.78, 5) is 0. The molecule has 0 rings (SSSR count). The molecule has 6 heteroatoms. The topological polar surface area (TPSA) is 57.0 Å². The first-order valence-electron chi connectivity index (χ1n) is 0. The molecular weight excluding hydrogens is 184 g/mol. The molecule has 0 saturated carbocycles. The second kappa shape index (κ2) is 61.4. The van der Waals surface area contributed by atoms with E-state index >= 15 is 0 Å². The zero-order valence-corrected chi connectivity index (χ0v) is 6.23. The van der Waals surface area contributed by atoms with E-state index in [9.17, 15) is 0 Å². The molecule has 0 amide bonds. The van der Waals surface area contributed by atoms with Crippen LogP contribution in [0.5, 0.6) is 0 Å². The molecule has 0 heterocycles. The van der Waals surface area contributed by atoms with Crippen molar-refractivity contribution in [3.05, 3.63) is 0 Å². The molecule has 1 radical (unpaired) electrons. The second-order valence-corrected chi connectivity index (χ2v) is 0. The molecule has 2 nitrogen and oxygen atoms in total. The van der Waals surface area contributed by atoms with Gasteiger partial charge in [-0.2, -0.15) is 0 Å². The van der Waals surface area contributed by atoms with Gasteiger partial charge in [-0.25, -0.2) is 0 Å². The summed E-state index contributed by atoms with van der Waals surface area (Å²) in [6.45, 7) is 0. The van der Waals surface area contributed by atoms with Crippen LogP contribution in [0.4, 0.5) is 0 Å². The minimum atomic E-state index is 0. The molecule has 0 fully saturated rings. The Labute approximate surface area is 79.9 Å². The summed E-state index contributed by atoms with van der Waals surface area (Å²) in [6.07, 6.45) is 0. The van der Waals surface area contributed by atoms with Crippen LogP contribution in [0.25, 0.3) is 0 Å². The summed E-state index contributed by atoms with van der Waals surface area (Å²) in [5.41, 5.74) is 0. The van der Waals surface area contributed by atoms with Crippen LogP contribution in [0.15, 0.2) is 0 Å². The first-order valence-corrected chi connectivity index (χ1v) is 0. The maximum absolute atomic E-state index is 0. The molecule has 0 aliphatic rings. The predicted octanol–water partition coefficient (Wildman–Crippen LogP) is -3.62. The van der Waals surface area contributed by atoms with Crippen LogP contribution in [0.1, 0.15) is 0 Å². The van der Waals surface area contributed by atoms with Gasteiger partial charge in [0, 0.05) is 33.3 Å². The Balaban J connectivity index is 0. The molecule has 0 N–H and O–H groups in total. The molecule has 0 aromatic carbocycles. The minimum absolute atomic E-state index is 0. The van der Waals surface area contributed by atoms with Gasteiger partial charge in [-0.05, 0) is 0 Å². The summed E-state index contributed by atoms with van der Waals surface area (Å²) in [7, 11) is 0. The van der Waals surface area contributed by atoms with Crippen LogP contribution >= 0.6 is 0 Å². The average molecular weight is 184 g/mol. The van der Waals surface area contributed by atoms with Gasteiger partial charge < -0.3 is 11.0 Å². The van der Waals surface area contributed by atoms with Gasteiger partial charge in [-0.3, -0.25) is 0 Å². The zero-order valence-electron chi connectivity index (χ0n) is 3.04. The molecule has 6 heavy (non-hydrogen) atoms. The Morgan fingerprint density at radius 1 is 0.833 bits per heavy atom. The first-order chi connectivity index (χ1) is 0. The van der Waals surface area contributed by atoms with E-state index < -0.39 is 0 Å². The number of hydrogen-bond donors (Lipinski definition) is 0. The molecular formula is AlCoLiNiO2. The van der Waals surface area contributed by atoms with Crippen molar-refractivity contribution < 1.29 is 63.1 Å². The fourth-order valence-corrected chi connectivity index (χ4v) is 0. The molecule has 0 aliphatic heterocycles. The molecule has 0 aromatic rings. The van der Waals surface area contributed by atoms with Gasteiger partial charge in [0.2, 0.25) is 0 Å². The van der Waals surface area contributed by atoms with Gasteiger partial charge >= 0.3 is 36.2 Å². The van der Waals surface area contributed by atoms with Gasteiger partial charge in [0.15, 0.2) is 0 Å².